The molecule has 1 heterocycles. The normalized spacial score (nSPS) is 10.4. The predicted octanol–water partition coefficient (Wildman–Crippen LogP) is -0.595. The summed E-state index contributed by atoms with van der Waals surface area (Å²) in [4.78, 5) is 0. The van der Waals surface area contributed by atoms with Crippen LogP contribution in [-0.2, 0) is 13.6 Å². The van der Waals surface area contributed by atoms with Crippen LogP contribution in [0.2, 0.25) is 0 Å². The third kappa shape index (κ3) is 4.97. The lowest BCUT2D eigenvalue weighted by atomic mass is 10.1. The molecule has 1 N–H and O–H groups in total. The predicted molar refractivity (Wildman–Crippen MR) is 75.8 cm³/mol. The van der Waals surface area contributed by atoms with Crippen LogP contribution in [-0.4, -0.2) is 7.05 Å². The molecule has 19 heavy (non-hydrogen) atoms. The van der Waals surface area contributed by atoms with E-state index in [1.165, 1.54) is 16.7 Å². The van der Waals surface area contributed by atoms with Crippen LogP contribution in [0.25, 0.3) is 12.2 Å². The Morgan fingerprint density at radius 3 is 2.00 bits per heavy atom. The van der Waals surface area contributed by atoms with Gasteiger partial charge in [-0.05, 0) is 23.7 Å². The summed E-state index contributed by atoms with van der Waals surface area (Å²) in [6.45, 7) is 0.916. The molecule has 0 radical (unpaired) electrons. The van der Waals surface area contributed by atoms with Crippen molar-refractivity contribution in [3.05, 3.63) is 65.5 Å². The fourth-order valence-corrected chi connectivity index (χ4v) is 1.77. The van der Waals surface area contributed by atoms with Crippen LogP contribution >= 0.6 is 0 Å². The quantitative estimate of drug-likeness (QED) is 0.745. The zero-order valence-corrected chi connectivity index (χ0v) is 12.9. The summed E-state index contributed by atoms with van der Waals surface area (Å²) in [5, 5.41) is 3.15. The first-order valence-corrected chi connectivity index (χ1v) is 6.15. The molecule has 0 saturated carbocycles. The smallest absolute Gasteiger partial charge is 0.169 e. The second-order valence-electron chi connectivity index (χ2n) is 4.40. The van der Waals surface area contributed by atoms with E-state index in [4.69, 9.17) is 0 Å². The summed E-state index contributed by atoms with van der Waals surface area (Å²) in [6.07, 6.45) is 8.37. The van der Waals surface area contributed by atoms with Gasteiger partial charge in [-0.25, -0.2) is 4.57 Å². The largest absolute Gasteiger partial charge is 1.00 e. The highest BCUT2D eigenvalue weighted by molar-refractivity contribution is 5.69. The first-order valence-electron chi connectivity index (χ1n) is 6.15. The van der Waals surface area contributed by atoms with Gasteiger partial charge in [-0.15, -0.1) is 0 Å². The first kappa shape index (κ1) is 15.6. The molecule has 0 saturated heterocycles. The molecule has 3 heteroatoms. The van der Waals surface area contributed by atoms with Crippen molar-refractivity contribution in [2.24, 2.45) is 7.05 Å². The molecule has 0 aliphatic rings. The summed E-state index contributed by atoms with van der Waals surface area (Å²) in [5.74, 6) is 0. The summed E-state index contributed by atoms with van der Waals surface area (Å²) in [5.41, 5.74) is 3.75. The third-order valence-corrected chi connectivity index (χ3v) is 2.83. The van der Waals surface area contributed by atoms with Gasteiger partial charge in [-0.3, -0.25) is 0 Å². The zero-order valence-electron chi connectivity index (χ0n) is 11.3. The number of benzene rings is 1. The van der Waals surface area contributed by atoms with Crippen molar-refractivity contribution in [3.63, 3.8) is 0 Å². The van der Waals surface area contributed by atoms with Crippen LogP contribution in [0, 0.1) is 0 Å². The van der Waals surface area contributed by atoms with Crippen molar-refractivity contribution < 1.29 is 21.5 Å². The highest BCUT2D eigenvalue weighted by Gasteiger charge is 1.93. The number of pyridine rings is 1. The second-order valence-corrected chi connectivity index (χ2v) is 4.40. The van der Waals surface area contributed by atoms with Crippen molar-refractivity contribution in [2.75, 3.05) is 7.05 Å². The molecule has 0 spiro atoms. The molecule has 0 atom stereocenters. The van der Waals surface area contributed by atoms with Crippen molar-refractivity contribution in [2.45, 2.75) is 6.54 Å². The van der Waals surface area contributed by atoms with Crippen molar-refractivity contribution in [1.29, 1.82) is 0 Å². The van der Waals surface area contributed by atoms with Gasteiger partial charge in [0.05, 0.1) is 0 Å². The molecule has 0 aliphatic carbocycles. The molecule has 0 bridgehead atoms. The third-order valence-electron chi connectivity index (χ3n) is 2.83. The van der Waals surface area contributed by atoms with Crippen LogP contribution in [0.4, 0.5) is 0 Å². The number of aromatic nitrogens is 1. The topological polar surface area (TPSA) is 15.9 Å². The molecular formula is C16H19BrN2. The summed E-state index contributed by atoms with van der Waals surface area (Å²) < 4.78 is 2.03. The molecule has 1 aromatic carbocycles. The van der Waals surface area contributed by atoms with E-state index in [2.05, 4.69) is 66.3 Å². The van der Waals surface area contributed by atoms with Gasteiger partial charge in [-0.1, -0.05) is 36.4 Å². The van der Waals surface area contributed by atoms with Gasteiger partial charge in [0, 0.05) is 18.7 Å². The maximum Gasteiger partial charge on any atom is 0.169 e. The molecule has 1 aromatic heterocycles. The molecule has 0 unspecified atom stereocenters. The number of hydrogen-bond donors (Lipinski definition) is 1. The lowest BCUT2D eigenvalue weighted by molar-refractivity contribution is -0.671. The highest BCUT2D eigenvalue weighted by Crippen LogP contribution is 2.09. The Kier molecular flexibility index (Phi) is 6.46. The Morgan fingerprint density at radius 2 is 1.47 bits per heavy atom. The fourth-order valence-electron chi connectivity index (χ4n) is 1.77. The minimum atomic E-state index is 0. The number of aryl methyl sites for hydroxylation is 1. The maximum atomic E-state index is 3.15. The zero-order chi connectivity index (χ0) is 12.8. The van der Waals surface area contributed by atoms with Gasteiger partial charge in [0.15, 0.2) is 12.4 Å². The molecular weight excluding hydrogens is 300 g/mol. The van der Waals surface area contributed by atoms with Gasteiger partial charge in [-0.2, -0.15) is 0 Å². The number of rotatable bonds is 4. The van der Waals surface area contributed by atoms with E-state index in [-0.39, 0.29) is 17.0 Å². The standard InChI is InChI=1S/C16H19N2.BrH/c1-17-13-16-7-5-14(6-8-16)3-4-15-9-11-18(2)12-10-15;/h3-12,17H,13H2,1-2H3;1H/q+1;/p-1/b4-3+;. The lowest BCUT2D eigenvalue weighted by Gasteiger charge is -2.00. The van der Waals surface area contributed by atoms with Gasteiger partial charge in [0.2, 0.25) is 0 Å². The van der Waals surface area contributed by atoms with E-state index in [1.807, 2.05) is 18.7 Å². The SMILES string of the molecule is CNCc1ccc(/C=C/c2cc[n+](C)cc2)cc1.[Br-]. The van der Waals surface area contributed by atoms with Gasteiger partial charge < -0.3 is 22.3 Å². The van der Waals surface area contributed by atoms with E-state index in [0.29, 0.717) is 0 Å². The first-order chi connectivity index (χ1) is 8.78. The summed E-state index contributed by atoms with van der Waals surface area (Å²) in [6, 6.07) is 12.8. The Balaban J connectivity index is 0.00000180. The molecule has 100 valence electrons. The number of halogens is 1. The Hall–Kier alpha value is -1.45. The van der Waals surface area contributed by atoms with Crippen LogP contribution in [0.3, 0.4) is 0 Å². The molecule has 0 fully saturated rings. The highest BCUT2D eigenvalue weighted by atomic mass is 79.9. The average Bonchev–Trinajstić information content (AvgIpc) is 2.40. The molecule has 0 amide bonds. The number of nitrogens with zero attached hydrogens (tertiary/aromatic N) is 1. The van der Waals surface area contributed by atoms with Crippen LogP contribution in [0.15, 0.2) is 48.8 Å². The molecule has 2 rings (SSSR count). The number of hydrogen-bond acceptors (Lipinski definition) is 1. The van der Waals surface area contributed by atoms with Gasteiger partial charge in [0.1, 0.15) is 7.05 Å². The van der Waals surface area contributed by atoms with E-state index >= 15 is 0 Å². The summed E-state index contributed by atoms with van der Waals surface area (Å²) in [7, 11) is 3.98. The molecule has 2 aromatic rings. The monoisotopic (exact) mass is 318 g/mol. The lowest BCUT2D eigenvalue weighted by Crippen LogP contribution is -3.00. The molecule has 0 aliphatic heterocycles. The average molecular weight is 319 g/mol. The van der Waals surface area contributed by atoms with E-state index in [1.54, 1.807) is 0 Å². The van der Waals surface area contributed by atoms with Crippen molar-refractivity contribution >= 4 is 12.2 Å². The Bertz CT molecular complexity index is 515. The van der Waals surface area contributed by atoms with Gasteiger partial charge in [0.25, 0.3) is 0 Å². The number of nitrogens with one attached hydrogen (secondary N) is 1. The minimum absolute atomic E-state index is 0. The van der Waals surface area contributed by atoms with E-state index in [9.17, 15) is 0 Å². The van der Waals surface area contributed by atoms with Crippen LogP contribution in [0.5, 0.6) is 0 Å². The fraction of sp³-hybridized carbons (Fsp3) is 0.188. The Labute approximate surface area is 125 Å². The van der Waals surface area contributed by atoms with Crippen molar-refractivity contribution in [1.82, 2.24) is 5.32 Å². The van der Waals surface area contributed by atoms with E-state index in [0.717, 1.165) is 6.54 Å². The van der Waals surface area contributed by atoms with Gasteiger partial charge >= 0.3 is 0 Å². The molecule has 2 nitrogen and oxygen atoms in total. The van der Waals surface area contributed by atoms with Crippen molar-refractivity contribution in [3.8, 4) is 0 Å². The van der Waals surface area contributed by atoms with Crippen LogP contribution < -0.4 is 26.9 Å². The second kappa shape index (κ2) is 7.87. The van der Waals surface area contributed by atoms with E-state index < -0.39 is 0 Å². The van der Waals surface area contributed by atoms with Crippen LogP contribution in [0.1, 0.15) is 16.7 Å². The Morgan fingerprint density at radius 1 is 0.947 bits per heavy atom. The summed E-state index contributed by atoms with van der Waals surface area (Å²) >= 11 is 0. The minimum Gasteiger partial charge on any atom is -1.00 e. The maximum absolute atomic E-state index is 3.15.